The first-order valence-corrected chi connectivity index (χ1v) is 12.8. The second kappa shape index (κ2) is 10.1. The summed E-state index contributed by atoms with van der Waals surface area (Å²) in [4.78, 5) is 3.73. The number of nitriles is 2. The minimum Gasteiger partial charge on any atom is -0.192 e. The van der Waals surface area contributed by atoms with Gasteiger partial charge in [0.15, 0.2) is 0 Å². The Labute approximate surface area is 207 Å². The van der Waals surface area contributed by atoms with E-state index in [1.807, 2.05) is 12.1 Å². The van der Waals surface area contributed by atoms with Crippen LogP contribution in [0.15, 0.2) is 80.2 Å². The maximum absolute atomic E-state index is 9.88. The lowest BCUT2D eigenvalue weighted by Crippen LogP contribution is -2.14. The van der Waals surface area contributed by atoms with Crippen LogP contribution in [0.25, 0.3) is 0 Å². The molecule has 33 heavy (non-hydrogen) atoms. The van der Waals surface area contributed by atoms with Gasteiger partial charge in [0.05, 0.1) is 11.1 Å². The van der Waals surface area contributed by atoms with Crippen LogP contribution in [0.4, 0.5) is 0 Å². The van der Waals surface area contributed by atoms with Crippen LogP contribution in [0.3, 0.4) is 0 Å². The summed E-state index contributed by atoms with van der Waals surface area (Å²) < 4.78 is 0. The molecule has 168 valence electrons. The normalized spacial score (nSPS) is 11.6. The third-order valence-electron chi connectivity index (χ3n) is 6.05. The standard InChI is InChI=1S/C29H30N2S2/c1-7-29(5,6)21-10-14-23(15-11-21)33-27-17-16-26(24(18-30)25(27)19-31)32-22-12-8-20(9-13-22)28(2,3)4/h8-17H,7H2,1-6H3. The van der Waals surface area contributed by atoms with Gasteiger partial charge < -0.3 is 0 Å². The molecular weight excluding hydrogens is 440 g/mol. The fourth-order valence-electron chi connectivity index (χ4n) is 3.41. The molecule has 4 heteroatoms. The van der Waals surface area contributed by atoms with Crippen LogP contribution < -0.4 is 0 Å². The largest absolute Gasteiger partial charge is 0.192 e. The van der Waals surface area contributed by atoms with E-state index in [9.17, 15) is 10.5 Å². The topological polar surface area (TPSA) is 47.6 Å². The molecule has 0 spiro atoms. The summed E-state index contributed by atoms with van der Waals surface area (Å²) in [6, 6.07) is 25.4. The Bertz CT molecular complexity index is 1200. The Morgan fingerprint density at radius 3 is 1.36 bits per heavy atom. The molecule has 3 aromatic carbocycles. The Hall–Kier alpha value is -2.66. The molecule has 3 aromatic rings. The van der Waals surface area contributed by atoms with Gasteiger partial charge in [0.1, 0.15) is 12.1 Å². The molecule has 0 saturated heterocycles. The summed E-state index contributed by atoms with van der Waals surface area (Å²) in [6.45, 7) is 13.3. The first-order valence-electron chi connectivity index (χ1n) is 11.1. The highest BCUT2D eigenvalue weighted by molar-refractivity contribution is 8.00. The van der Waals surface area contributed by atoms with Crippen LogP contribution in [0.2, 0.25) is 0 Å². The molecule has 0 atom stereocenters. The summed E-state index contributed by atoms with van der Waals surface area (Å²) in [5.41, 5.74) is 3.69. The molecule has 2 nitrogen and oxygen atoms in total. The SMILES string of the molecule is CCC(C)(C)c1ccc(Sc2ccc(Sc3ccc(C(C)(C)C)cc3)c(C#N)c2C#N)cc1. The van der Waals surface area contributed by atoms with Crippen LogP contribution in [0, 0.1) is 22.7 Å². The van der Waals surface area contributed by atoms with Gasteiger partial charge in [-0.15, -0.1) is 0 Å². The van der Waals surface area contributed by atoms with Crippen molar-refractivity contribution in [3.8, 4) is 12.1 Å². The van der Waals surface area contributed by atoms with Crippen molar-refractivity contribution in [2.24, 2.45) is 0 Å². The lowest BCUT2D eigenvalue weighted by atomic mass is 9.82. The van der Waals surface area contributed by atoms with Crippen molar-refractivity contribution in [3.05, 3.63) is 82.9 Å². The van der Waals surface area contributed by atoms with Crippen molar-refractivity contribution in [3.63, 3.8) is 0 Å². The van der Waals surface area contributed by atoms with Gasteiger partial charge >= 0.3 is 0 Å². The maximum atomic E-state index is 9.88. The average Bonchev–Trinajstić information content (AvgIpc) is 2.79. The lowest BCUT2D eigenvalue weighted by Gasteiger charge is -2.23. The summed E-state index contributed by atoms with van der Waals surface area (Å²) in [5, 5.41) is 19.8. The number of rotatable bonds is 6. The second-order valence-corrected chi connectivity index (χ2v) is 12.0. The highest BCUT2D eigenvalue weighted by atomic mass is 32.2. The van der Waals surface area contributed by atoms with E-state index in [0.717, 1.165) is 26.0 Å². The molecule has 0 heterocycles. The fraction of sp³-hybridized carbons (Fsp3) is 0.310. The van der Waals surface area contributed by atoms with E-state index >= 15 is 0 Å². The predicted octanol–water partition coefficient (Wildman–Crippen LogP) is 8.72. The summed E-state index contributed by atoms with van der Waals surface area (Å²) in [7, 11) is 0. The molecule has 0 aliphatic heterocycles. The van der Waals surface area contributed by atoms with E-state index in [1.54, 1.807) is 0 Å². The highest BCUT2D eigenvalue weighted by Crippen LogP contribution is 2.39. The molecule has 0 fully saturated rings. The van der Waals surface area contributed by atoms with E-state index < -0.39 is 0 Å². The van der Waals surface area contributed by atoms with Gasteiger partial charge in [-0.3, -0.25) is 0 Å². The minimum absolute atomic E-state index is 0.0956. The van der Waals surface area contributed by atoms with Gasteiger partial charge in [-0.1, -0.05) is 89.3 Å². The van der Waals surface area contributed by atoms with Crippen molar-refractivity contribution in [1.82, 2.24) is 0 Å². The lowest BCUT2D eigenvalue weighted by molar-refractivity contribution is 0.506. The van der Waals surface area contributed by atoms with Crippen molar-refractivity contribution >= 4 is 23.5 Å². The number of nitrogens with zero attached hydrogens (tertiary/aromatic N) is 2. The zero-order valence-electron chi connectivity index (χ0n) is 20.2. The summed E-state index contributed by atoms with van der Waals surface area (Å²) in [5.74, 6) is 0. The fourth-order valence-corrected chi connectivity index (χ4v) is 5.24. The van der Waals surface area contributed by atoms with Gasteiger partial charge in [-0.2, -0.15) is 10.5 Å². The minimum atomic E-state index is 0.0956. The molecular formula is C29H30N2S2. The Balaban J connectivity index is 1.88. The monoisotopic (exact) mass is 470 g/mol. The number of hydrogen-bond donors (Lipinski definition) is 0. The predicted molar refractivity (Wildman–Crippen MR) is 139 cm³/mol. The van der Waals surface area contributed by atoms with E-state index in [-0.39, 0.29) is 10.8 Å². The van der Waals surface area contributed by atoms with E-state index in [4.69, 9.17) is 0 Å². The summed E-state index contributed by atoms with van der Waals surface area (Å²) in [6.07, 6.45) is 1.07. The highest BCUT2D eigenvalue weighted by Gasteiger charge is 2.19. The molecule has 0 bridgehead atoms. The van der Waals surface area contributed by atoms with Gasteiger partial charge in [0.2, 0.25) is 0 Å². The van der Waals surface area contributed by atoms with Crippen LogP contribution in [0.5, 0.6) is 0 Å². The molecule has 0 N–H and O–H groups in total. The molecule has 0 saturated carbocycles. The smallest absolute Gasteiger partial charge is 0.102 e. The van der Waals surface area contributed by atoms with Crippen molar-refractivity contribution in [2.45, 2.75) is 78.4 Å². The first kappa shape index (κ1) is 25.0. The molecule has 0 amide bonds. The van der Waals surface area contributed by atoms with Gasteiger partial charge in [-0.05, 0) is 64.8 Å². The molecule has 3 rings (SSSR count). The maximum Gasteiger partial charge on any atom is 0.102 e. The molecule has 0 radical (unpaired) electrons. The van der Waals surface area contributed by atoms with Crippen molar-refractivity contribution < 1.29 is 0 Å². The van der Waals surface area contributed by atoms with Crippen molar-refractivity contribution in [2.75, 3.05) is 0 Å². The Morgan fingerprint density at radius 1 is 0.636 bits per heavy atom. The molecule has 0 unspecified atom stereocenters. The zero-order valence-corrected chi connectivity index (χ0v) is 21.8. The summed E-state index contributed by atoms with van der Waals surface area (Å²) >= 11 is 3.06. The van der Waals surface area contributed by atoms with Gasteiger partial charge in [0, 0.05) is 19.6 Å². The van der Waals surface area contributed by atoms with Crippen LogP contribution in [-0.2, 0) is 10.8 Å². The Kier molecular flexibility index (Phi) is 7.63. The molecule has 0 aromatic heterocycles. The van der Waals surface area contributed by atoms with E-state index in [1.165, 1.54) is 34.7 Å². The molecule has 0 aliphatic carbocycles. The number of benzene rings is 3. The van der Waals surface area contributed by atoms with Gasteiger partial charge in [0.25, 0.3) is 0 Å². The number of hydrogen-bond acceptors (Lipinski definition) is 4. The van der Waals surface area contributed by atoms with Crippen LogP contribution in [0.1, 0.15) is 70.2 Å². The second-order valence-electron chi connectivity index (χ2n) is 9.78. The quantitative estimate of drug-likeness (QED) is 0.361. The van der Waals surface area contributed by atoms with Crippen LogP contribution in [-0.4, -0.2) is 0 Å². The van der Waals surface area contributed by atoms with E-state index in [2.05, 4.69) is 102 Å². The van der Waals surface area contributed by atoms with Crippen molar-refractivity contribution in [1.29, 1.82) is 10.5 Å². The van der Waals surface area contributed by atoms with Crippen LogP contribution >= 0.6 is 23.5 Å². The average molecular weight is 471 g/mol. The zero-order chi connectivity index (χ0) is 24.2. The molecule has 0 aliphatic rings. The van der Waals surface area contributed by atoms with Gasteiger partial charge in [-0.25, -0.2) is 0 Å². The Morgan fingerprint density at radius 2 is 1.03 bits per heavy atom. The third kappa shape index (κ3) is 5.83. The van der Waals surface area contributed by atoms with E-state index in [0.29, 0.717) is 11.1 Å². The first-order chi connectivity index (χ1) is 15.6. The third-order valence-corrected chi connectivity index (χ3v) is 8.18.